The number of carboxylic acids is 1. The summed E-state index contributed by atoms with van der Waals surface area (Å²) in [6.07, 6.45) is 16.5. The Labute approximate surface area is 242 Å². The van der Waals surface area contributed by atoms with Crippen molar-refractivity contribution in [2.45, 2.75) is 91.0 Å². The number of carbonyl (C=O) groups is 1. The van der Waals surface area contributed by atoms with E-state index in [1.165, 1.54) is 62.5 Å². The molecule has 0 bridgehead atoms. The van der Waals surface area contributed by atoms with Crippen molar-refractivity contribution in [3.05, 3.63) is 54.1 Å². The van der Waals surface area contributed by atoms with Crippen LogP contribution in [-0.2, 0) is 0 Å². The zero-order valence-corrected chi connectivity index (χ0v) is 25.3. The van der Waals surface area contributed by atoms with Gasteiger partial charge in [-0.15, -0.1) is 6.58 Å². The Bertz CT molecular complexity index is 1190. The number of hydrogen-bond acceptors (Lipinski definition) is 3. The molecule has 0 aliphatic heterocycles. The highest BCUT2D eigenvalue weighted by atomic mass is 16.4. The second-order valence-electron chi connectivity index (χ2n) is 15.3. The molecule has 5 aliphatic carbocycles. The molecule has 0 spiro atoms. The summed E-state index contributed by atoms with van der Waals surface area (Å²) in [6.45, 7) is 16.2. The van der Waals surface area contributed by atoms with Gasteiger partial charge in [-0.2, -0.15) is 0 Å². The SMILES string of the molecule is C=CC1CCC2(NCCN)CCC3(C)C(CCC4C3CCC3C(C)(C)C(c5ccc(C(=O)O)cc5)=CCC43C)C12. The Balaban J connectivity index is 1.31. The van der Waals surface area contributed by atoms with Gasteiger partial charge in [0.25, 0.3) is 0 Å². The average Bonchev–Trinajstić information content (AvgIpc) is 3.30. The van der Waals surface area contributed by atoms with Gasteiger partial charge in [-0.3, -0.25) is 0 Å². The van der Waals surface area contributed by atoms with Gasteiger partial charge in [-0.1, -0.05) is 52.0 Å². The molecule has 1 aromatic carbocycles. The molecule has 9 atom stereocenters. The van der Waals surface area contributed by atoms with Gasteiger partial charge in [0, 0.05) is 18.6 Å². The number of allylic oxidation sites excluding steroid dienone is 3. The third-order valence-electron chi connectivity index (χ3n) is 13.6. The van der Waals surface area contributed by atoms with Crippen LogP contribution in [-0.4, -0.2) is 29.7 Å². The number of benzene rings is 1. The molecule has 0 radical (unpaired) electrons. The molecule has 4 heteroatoms. The number of hydrogen-bond donors (Lipinski definition) is 3. The molecular formula is C36H52N2O2. The van der Waals surface area contributed by atoms with E-state index in [4.69, 9.17) is 5.73 Å². The third kappa shape index (κ3) is 3.95. The van der Waals surface area contributed by atoms with E-state index in [0.29, 0.717) is 40.7 Å². The highest BCUT2D eigenvalue weighted by molar-refractivity contribution is 5.88. The first-order chi connectivity index (χ1) is 19.0. The minimum atomic E-state index is -0.856. The summed E-state index contributed by atoms with van der Waals surface area (Å²) in [5, 5.41) is 13.4. The first-order valence-corrected chi connectivity index (χ1v) is 16.1. The van der Waals surface area contributed by atoms with Gasteiger partial charge >= 0.3 is 5.97 Å². The lowest BCUT2D eigenvalue weighted by Crippen LogP contribution is -2.64. The molecule has 0 heterocycles. The largest absolute Gasteiger partial charge is 0.478 e. The van der Waals surface area contributed by atoms with Crippen LogP contribution in [0.3, 0.4) is 0 Å². The minimum Gasteiger partial charge on any atom is -0.478 e. The highest BCUT2D eigenvalue weighted by Crippen LogP contribution is 2.72. The average molecular weight is 545 g/mol. The first-order valence-electron chi connectivity index (χ1n) is 16.1. The Morgan fingerprint density at radius 2 is 1.65 bits per heavy atom. The van der Waals surface area contributed by atoms with Crippen LogP contribution in [0.1, 0.15) is 101 Å². The molecule has 218 valence electrons. The number of carboxylic acid groups (broad SMARTS) is 1. The molecule has 40 heavy (non-hydrogen) atoms. The number of aromatic carboxylic acids is 1. The predicted octanol–water partition coefficient (Wildman–Crippen LogP) is 7.56. The fourth-order valence-electron chi connectivity index (χ4n) is 11.9. The molecule has 4 N–H and O–H groups in total. The fourth-order valence-corrected chi connectivity index (χ4v) is 11.9. The van der Waals surface area contributed by atoms with E-state index in [0.717, 1.165) is 30.7 Å². The van der Waals surface area contributed by atoms with Crippen molar-refractivity contribution in [1.29, 1.82) is 0 Å². The Morgan fingerprint density at radius 1 is 0.975 bits per heavy atom. The molecule has 4 fully saturated rings. The van der Waals surface area contributed by atoms with Crippen LogP contribution < -0.4 is 11.1 Å². The van der Waals surface area contributed by atoms with E-state index < -0.39 is 5.97 Å². The molecule has 0 saturated heterocycles. The van der Waals surface area contributed by atoms with Gasteiger partial charge in [-0.25, -0.2) is 4.79 Å². The highest BCUT2D eigenvalue weighted by Gasteiger charge is 2.66. The van der Waals surface area contributed by atoms with E-state index in [9.17, 15) is 9.90 Å². The van der Waals surface area contributed by atoms with Gasteiger partial charge in [0.05, 0.1) is 5.56 Å². The van der Waals surface area contributed by atoms with Crippen molar-refractivity contribution in [3.63, 3.8) is 0 Å². The van der Waals surface area contributed by atoms with Crippen LogP contribution in [0.4, 0.5) is 0 Å². The van der Waals surface area contributed by atoms with Crippen molar-refractivity contribution in [3.8, 4) is 0 Å². The first kappa shape index (κ1) is 28.2. The van der Waals surface area contributed by atoms with Crippen LogP contribution in [0.2, 0.25) is 0 Å². The zero-order valence-electron chi connectivity index (χ0n) is 25.3. The minimum absolute atomic E-state index is 0.0632. The van der Waals surface area contributed by atoms with E-state index >= 15 is 0 Å². The van der Waals surface area contributed by atoms with Crippen LogP contribution in [0, 0.1) is 51.8 Å². The zero-order chi connectivity index (χ0) is 28.5. The molecule has 5 aliphatic rings. The van der Waals surface area contributed by atoms with Gasteiger partial charge in [0.1, 0.15) is 0 Å². The summed E-state index contributed by atoms with van der Waals surface area (Å²) < 4.78 is 0. The second-order valence-corrected chi connectivity index (χ2v) is 15.3. The summed E-state index contributed by atoms with van der Waals surface area (Å²) in [7, 11) is 0. The third-order valence-corrected chi connectivity index (χ3v) is 13.6. The molecule has 4 nitrogen and oxygen atoms in total. The molecule has 4 saturated carbocycles. The number of nitrogens with two attached hydrogens (primary N) is 1. The Hall–Kier alpha value is -1.91. The maximum absolute atomic E-state index is 11.4. The summed E-state index contributed by atoms with van der Waals surface area (Å²) in [6, 6.07) is 7.60. The number of fused-ring (bicyclic) bond motifs is 7. The van der Waals surface area contributed by atoms with E-state index in [-0.39, 0.29) is 11.0 Å². The van der Waals surface area contributed by atoms with E-state index in [1.807, 2.05) is 12.1 Å². The van der Waals surface area contributed by atoms with E-state index in [2.05, 4.69) is 51.7 Å². The smallest absolute Gasteiger partial charge is 0.335 e. The predicted molar refractivity (Wildman–Crippen MR) is 164 cm³/mol. The van der Waals surface area contributed by atoms with E-state index in [1.54, 1.807) is 12.1 Å². The number of rotatable bonds is 6. The molecular weight excluding hydrogens is 492 g/mol. The molecule has 1 aromatic rings. The topological polar surface area (TPSA) is 75.3 Å². The van der Waals surface area contributed by atoms with Gasteiger partial charge in [-0.05, 0) is 133 Å². The van der Waals surface area contributed by atoms with Crippen LogP contribution >= 0.6 is 0 Å². The lowest BCUT2D eigenvalue weighted by Gasteiger charge is -2.68. The monoisotopic (exact) mass is 544 g/mol. The van der Waals surface area contributed by atoms with Crippen molar-refractivity contribution in [2.24, 2.45) is 57.5 Å². The summed E-state index contributed by atoms with van der Waals surface area (Å²) >= 11 is 0. The summed E-state index contributed by atoms with van der Waals surface area (Å²) in [4.78, 5) is 11.4. The quantitative estimate of drug-likeness (QED) is 0.323. The molecule has 6 rings (SSSR count). The Kier molecular flexibility index (Phi) is 6.94. The van der Waals surface area contributed by atoms with Crippen LogP contribution in [0.25, 0.3) is 5.57 Å². The number of nitrogens with one attached hydrogen (secondary N) is 1. The van der Waals surface area contributed by atoms with Crippen molar-refractivity contribution >= 4 is 11.5 Å². The summed E-state index contributed by atoms with van der Waals surface area (Å²) in [5.74, 6) is 3.45. The fraction of sp³-hybridized carbons (Fsp3) is 0.694. The lowest BCUT2D eigenvalue weighted by atomic mass is 9.37. The van der Waals surface area contributed by atoms with Crippen LogP contribution in [0.5, 0.6) is 0 Å². The standard InChI is InChI=1S/C36H52N2O2/c1-6-23-15-18-36(38-22-21-37)20-19-34(4)27-13-14-30-33(2,3)26(24-7-9-25(10-8-24)32(39)40)16-17-35(30,5)28(27)11-12-29(34)31(23)36/h6-10,16,23,27-31,38H,1,11-15,17-22,37H2,2-5H3,(H,39,40). The maximum Gasteiger partial charge on any atom is 0.335 e. The van der Waals surface area contributed by atoms with Crippen molar-refractivity contribution in [1.82, 2.24) is 5.32 Å². The summed E-state index contributed by atoms with van der Waals surface area (Å²) in [5.41, 5.74) is 10.0. The van der Waals surface area contributed by atoms with Gasteiger partial charge in [0.15, 0.2) is 0 Å². The Morgan fingerprint density at radius 3 is 2.33 bits per heavy atom. The van der Waals surface area contributed by atoms with Crippen molar-refractivity contribution < 1.29 is 9.90 Å². The molecule has 0 aromatic heterocycles. The maximum atomic E-state index is 11.4. The molecule has 9 unspecified atom stereocenters. The van der Waals surface area contributed by atoms with Gasteiger partial charge < -0.3 is 16.2 Å². The second kappa shape index (κ2) is 9.83. The van der Waals surface area contributed by atoms with Gasteiger partial charge in [0.2, 0.25) is 0 Å². The molecule has 0 amide bonds. The van der Waals surface area contributed by atoms with Crippen molar-refractivity contribution in [2.75, 3.05) is 13.1 Å². The van der Waals surface area contributed by atoms with Crippen LogP contribution in [0.15, 0.2) is 43.0 Å². The lowest BCUT2D eigenvalue weighted by molar-refractivity contribution is -0.167. The normalized spacial score (nSPS) is 43.5.